The highest BCUT2D eigenvalue weighted by atomic mass is 35.5. The summed E-state index contributed by atoms with van der Waals surface area (Å²) in [5.74, 6) is -1.24. The predicted octanol–water partition coefficient (Wildman–Crippen LogP) is 1.22. The lowest BCUT2D eigenvalue weighted by Gasteiger charge is -2.07. The molecule has 0 aliphatic rings. The van der Waals surface area contributed by atoms with Crippen LogP contribution < -0.4 is 5.32 Å². The fourth-order valence-corrected chi connectivity index (χ4v) is 1.46. The van der Waals surface area contributed by atoms with Crippen molar-refractivity contribution >= 4 is 17.5 Å². The molecule has 1 rings (SSSR count). The smallest absolute Gasteiger partial charge is 0.255 e. The van der Waals surface area contributed by atoms with Crippen LogP contribution in [0, 0.1) is 5.82 Å². The van der Waals surface area contributed by atoms with Crippen molar-refractivity contribution < 1.29 is 19.0 Å². The van der Waals surface area contributed by atoms with Crippen LogP contribution in [-0.4, -0.2) is 37.4 Å². The molecule has 1 amide bonds. The van der Waals surface area contributed by atoms with Crippen LogP contribution in [0.4, 0.5) is 4.39 Å². The average Bonchev–Trinajstić information content (AvgIpc) is 2.28. The van der Waals surface area contributed by atoms with E-state index in [1.165, 1.54) is 18.2 Å². The number of hydrogen-bond acceptors (Lipinski definition) is 3. The summed E-state index contributed by atoms with van der Waals surface area (Å²) in [7, 11) is 0. The zero-order chi connectivity index (χ0) is 12.7. The van der Waals surface area contributed by atoms with Gasteiger partial charge in [-0.1, -0.05) is 17.7 Å². The first kappa shape index (κ1) is 13.9. The van der Waals surface area contributed by atoms with E-state index in [4.69, 9.17) is 21.4 Å². The number of amides is 1. The van der Waals surface area contributed by atoms with Crippen LogP contribution in [0.2, 0.25) is 5.02 Å². The van der Waals surface area contributed by atoms with Crippen molar-refractivity contribution in [3.05, 3.63) is 34.6 Å². The van der Waals surface area contributed by atoms with Gasteiger partial charge in [0, 0.05) is 6.54 Å². The van der Waals surface area contributed by atoms with Gasteiger partial charge in [-0.3, -0.25) is 4.79 Å². The lowest BCUT2D eigenvalue weighted by atomic mass is 10.2. The summed E-state index contributed by atoms with van der Waals surface area (Å²) in [6, 6.07) is 4.05. The Bertz CT molecular complexity index is 367. The largest absolute Gasteiger partial charge is 0.394 e. The van der Waals surface area contributed by atoms with Crippen molar-refractivity contribution in [1.29, 1.82) is 0 Å². The van der Waals surface area contributed by atoms with E-state index < -0.39 is 11.7 Å². The molecule has 0 bridgehead atoms. The number of benzene rings is 1. The SMILES string of the molecule is O=C(NCCOCCO)c1c(F)cccc1Cl. The fourth-order valence-electron chi connectivity index (χ4n) is 1.21. The fraction of sp³-hybridized carbons (Fsp3) is 0.364. The summed E-state index contributed by atoms with van der Waals surface area (Å²) in [5.41, 5.74) is -0.170. The molecule has 2 N–H and O–H groups in total. The van der Waals surface area contributed by atoms with Gasteiger partial charge in [0.15, 0.2) is 0 Å². The summed E-state index contributed by atoms with van der Waals surface area (Å²) >= 11 is 5.72. The molecule has 94 valence electrons. The Balaban J connectivity index is 2.47. The molecule has 0 radical (unpaired) electrons. The van der Waals surface area contributed by atoms with Gasteiger partial charge < -0.3 is 15.2 Å². The van der Waals surface area contributed by atoms with Crippen LogP contribution in [0.3, 0.4) is 0 Å². The van der Waals surface area contributed by atoms with Gasteiger partial charge in [0.1, 0.15) is 5.82 Å². The monoisotopic (exact) mass is 261 g/mol. The summed E-state index contributed by atoms with van der Waals surface area (Å²) in [6.45, 7) is 0.602. The highest BCUT2D eigenvalue weighted by molar-refractivity contribution is 6.33. The second kappa shape index (κ2) is 7.21. The van der Waals surface area contributed by atoms with Crippen molar-refractivity contribution in [3.63, 3.8) is 0 Å². The van der Waals surface area contributed by atoms with E-state index in [1.807, 2.05) is 0 Å². The van der Waals surface area contributed by atoms with E-state index in [-0.39, 0.29) is 37.0 Å². The molecule has 0 aromatic heterocycles. The highest BCUT2D eigenvalue weighted by Crippen LogP contribution is 2.18. The average molecular weight is 262 g/mol. The highest BCUT2D eigenvalue weighted by Gasteiger charge is 2.14. The van der Waals surface area contributed by atoms with Crippen molar-refractivity contribution in [2.75, 3.05) is 26.4 Å². The minimum Gasteiger partial charge on any atom is -0.394 e. The standard InChI is InChI=1S/C11H13ClFNO3/c12-8-2-1-3-9(13)10(8)11(16)14-4-6-17-7-5-15/h1-3,15H,4-7H2,(H,14,16). The predicted molar refractivity (Wildman–Crippen MR) is 61.6 cm³/mol. The van der Waals surface area contributed by atoms with Crippen molar-refractivity contribution in [1.82, 2.24) is 5.32 Å². The van der Waals surface area contributed by atoms with Gasteiger partial charge in [-0.2, -0.15) is 0 Å². The van der Waals surface area contributed by atoms with Gasteiger partial charge in [-0.25, -0.2) is 4.39 Å². The minimum absolute atomic E-state index is 0.0683. The molecular formula is C11H13ClFNO3. The van der Waals surface area contributed by atoms with Crippen LogP contribution in [0.1, 0.15) is 10.4 Å². The summed E-state index contributed by atoms with van der Waals surface area (Å²) in [6.07, 6.45) is 0. The number of halogens is 2. The van der Waals surface area contributed by atoms with Crippen LogP contribution in [0.15, 0.2) is 18.2 Å². The Hall–Kier alpha value is -1.17. The van der Waals surface area contributed by atoms with E-state index in [0.29, 0.717) is 0 Å². The molecule has 1 aromatic carbocycles. The second-order valence-corrected chi connectivity index (χ2v) is 3.60. The molecule has 0 unspecified atom stereocenters. The second-order valence-electron chi connectivity index (χ2n) is 3.19. The number of hydrogen-bond donors (Lipinski definition) is 2. The molecule has 4 nitrogen and oxygen atoms in total. The van der Waals surface area contributed by atoms with Crippen LogP contribution in [0.25, 0.3) is 0 Å². The van der Waals surface area contributed by atoms with E-state index in [0.717, 1.165) is 0 Å². The van der Waals surface area contributed by atoms with Crippen molar-refractivity contribution in [2.24, 2.45) is 0 Å². The zero-order valence-corrected chi connectivity index (χ0v) is 9.84. The quantitative estimate of drug-likeness (QED) is 0.757. The van der Waals surface area contributed by atoms with Gasteiger partial charge in [0.2, 0.25) is 0 Å². The number of aliphatic hydroxyl groups excluding tert-OH is 1. The van der Waals surface area contributed by atoms with E-state index in [9.17, 15) is 9.18 Å². The van der Waals surface area contributed by atoms with Crippen LogP contribution >= 0.6 is 11.6 Å². The van der Waals surface area contributed by atoms with Gasteiger partial charge in [0.05, 0.1) is 30.4 Å². The van der Waals surface area contributed by atoms with Crippen molar-refractivity contribution in [2.45, 2.75) is 0 Å². The molecule has 0 aliphatic carbocycles. The Morgan fingerprint density at radius 2 is 2.24 bits per heavy atom. The summed E-state index contributed by atoms with van der Waals surface area (Å²) < 4.78 is 18.3. The maximum Gasteiger partial charge on any atom is 0.255 e. The molecule has 0 atom stereocenters. The number of carbonyl (C=O) groups excluding carboxylic acids is 1. The maximum atomic E-state index is 13.3. The number of carbonyl (C=O) groups is 1. The molecule has 17 heavy (non-hydrogen) atoms. The minimum atomic E-state index is -0.661. The molecule has 1 aromatic rings. The number of rotatable bonds is 6. The molecule has 0 aliphatic heterocycles. The number of aliphatic hydroxyl groups is 1. The Kier molecular flexibility index (Phi) is 5.90. The molecule has 0 fully saturated rings. The van der Waals surface area contributed by atoms with Crippen LogP contribution in [-0.2, 0) is 4.74 Å². The Morgan fingerprint density at radius 3 is 2.88 bits per heavy atom. The third kappa shape index (κ3) is 4.30. The van der Waals surface area contributed by atoms with Gasteiger partial charge in [-0.05, 0) is 12.1 Å². The zero-order valence-electron chi connectivity index (χ0n) is 9.08. The lowest BCUT2D eigenvalue weighted by Crippen LogP contribution is -2.28. The molecule has 0 saturated heterocycles. The van der Waals surface area contributed by atoms with Gasteiger partial charge in [0.25, 0.3) is 5.91 Å². The Labute approximate surface area is 103 Å². The third-order valence-electron chi connectivity index (χ3n) is 1.96. The third-order valence-corrected chi connectivity index (χ3v) is 2.27. The summed E-state index contributed by atoms with van der Waals surface area (Å²) in [4.78, 5) is 11.6. The van der Waals surface area contributed by atoms with Gasteiger partial charge in [-0.15, -0.1) is 0 Å². The number of nitrogens with one attached hydrogen (secondary N) is 1. The lowest BCUT2D eigenvalue weighted by molar-refractivity contribution is 0.0836. The van der Waals surface area contributed by atoms with Crippen LogP contribution in [0.5, 0.6) is 0 Å². The Morgan fingerprint density at radius 1 is 1.47 bits per heavy atom. The van der Waals surface area contributed by atoms with Gasteiger partial charge >= 0.3 is 0 Å². The molecule has 6 heteroatoms. The molecule has 0 spiro atoms. The first-order valence-corrected chi connectivity index (χ1v) is 5.45. The van der Waals surface area contributed by atoms with E-state index in [1.54, 1.807) is 0 Å². The van der Waals surface area contributed by atoms with E-state index >= 15 is 0 Å². The number of ether oxygens (including phenoxy) is 1. The molecule has 0 saturated carbocycles. The van der Waals surface area contributed by atoms with Crippen molar-refractivity contribution in [3.8, 4) is 0 Å². The maximum absolute atomic E-state index is 13.3. The topological polar surface area (TPSA) is 58.6 Å². The first-order chi connectivity index (χ1) is 8.16. The normalized spacial score (nSPS) is 10.3. The molecule has 0 heterocycles. The first-order valence-electron chi connectivity index (χ1n) is 5.07. The van der Waals surface area contributed by atoms with E-state index in [2.05, 4.69) is 5.32 Å². The summed E-state index contributed by atoms with van der Waals surface area (Å²) in [5, 5.41) is 11.0. The molecular weight excluding hydrogens is 249 g/mol.